The zero-order chi connectivity index (χ0) is 17.2. The van der Waals surface area contributed by atoms with E-state index in [1.165, 1.54) is 5.69 Å². The fraction of sp³-hybridized carbons (Fsp3) is 0.611. The fourth-order valence-corrected chi connectivity index (χ4v) is 2.42. The van der Waals surface area contributed by atoms with Crippen molar-refractivity contribution in [3.63, 3.8) is 0 Å². The smallest absolute Gasteiger partial charge is 0.225 e. The Morgan fingerprint density at radius 3 is 2.39 bits per heavy atom. The van der Waals surface area contributed by atoms with Gasteiger partial charge in [0.15, 0.2) is 0 Å². The van der Waals surface area contributed by atoms with Crippen molar-refractivity contribution in [2.24, 2.45) is 0 Å². The first-order valence-corrected chi connectivity index (χ1v) is 8.48. The van der Waals surface area contributed by atoms with Crippen LogP contribution in [0.1, 0.15) is 25.8 Å². The van der Waals surface area contributed by atoms with Crippen molar-refractivity contribution >= 4 is 17.3 Å². The van der Waals surface area contributed by atoms with Crippen LogP contribution < -0.4 is 15.5 Å². The Balaban J connectivity index is 2.46. The van der Waals surface area contributed by atoms with Gasteiger partial charge in [0.05, 0.1) is 0 Å². The third kappa shape index (κ3) is 7.01. The topological polar surface area (TPSA) is 47.6 Å². The summed E-state index contributed by atoms with van der Waals surface area (Å²) in [6.07, 6.45) is 0.491. The number of carbonyl (C=O) groups excluding carboxylic acids is 1. The zero-order valence-electron chi connectivity index (χ0n) is 15.3. The van der Waals surface area contributed by atoms with Gasteiger partial charge in [-0.05, 0) is 58.6 Å². The SMILES string of the molecule is CCN(CC)c1ccc(NC(=O)CCNCCN(C)C)c(C)c1. The monoisotopic (exact) mass is 320 g/mol. The molecule has 0 atom stereocenters. The molecule has 1 aromatic carbocycles. The van der Waals surface area contributed by atoms with Crippen molar-refractivity contribution < 1.29 is 4.79 Å². The molecule has 0 bridgehead atoms. The lowest BCUT2D eigenvalue weighted by Gasteiger charge is -2.22. The molecule has 0 saturated heterocycles. The van der Waals surface area contributed by atoms with Crippen LogP contribution in [0.4, 0.5) is 11.4 Å². The van der Waals surface area contributed by atoms with Crippen molar-refractivity contribution in [2.75, 3.05) is 57.0 Å². The van der Waals surface area contributed by atoms with E-state index in [4.69, 9.17) is 0 Å². The minimum Gasteiger partial charge on any atom is -0.372 e. The lowest BCUT2D eigenvalue weighted by molar-refractivity contribution is -0.116. The third-order valence-electron chi connectivity index (χ3n) is 3.88. The molecule has 1 rings (SSSR count). The van der Waals surface area contributed by atoms with Crippen LogP contribution in [0.15, 0.2) is 18.2 Å². The van der Waals surface area contributed by atoms with Gasteiger partial charge < -0.3 is 20.4 Å². The Labute approximate surface area is 141 Å². The normalized spacial score (nSPS) is 10.9. The summed E-state index contributed by atoms with van der Waals surface area (Å²) in [6.45, 7) is 10.9. The molecule has 0 fully saturated rings. The molecule has 1 aromatic rings. The molecule has 0 radical (unpaired) electrons. The summed E-state index contributed by atoms with van der Waals surface area (Å²) < 4.78 is 0. The van der Waals surface area contributed by atoms with E-state index in [0.29, 0.717) is 13.0 Å². The highest BCUT2D eigenvalue weighted by Crippen LogP contribution is 2.22. The van der Waals surface area contributed by atoms with Gasteiger partial charge in [-0.25, -0.2) is 0 Å². The second-order valence-electron chi connectivity index (χ2n) is 6.02. The zero-order valence-corrected chi connectivity index (χ0v) is 15.3. The summed E-state index contributed by atoms with van der Waals surface area (Å²) in [5.74, 6) is 0.0565. The summed E-state index contributed by atoms with van der Waals surface area (Å²) in [5, 5.41) is 6.28. The first-order chi connectivity index (χ1) is 11.0. The number of rotatable bonds is 10. The lowest BCUT2D eigenvalue weighted by atomic mass is 10.1. The van der Waals surface area contributed by atoms with Crippen LogP contribution in [0.2, 0.25) is 0 Å². The Hall–Kier alpha value is -1.59. The number of anilines is 2. The Morgan fingerprint density at radius 2 is 1.83 bits per heavy atom. The highest BCUT2D eigenvalue weighted by molar-refractivity contribution is 5.91. The van der Waals surface area contributed by atoms with Gasteiger partial charge in [-0.1, -0.05) is 0 Å². The van der Waals surface area contributed by atoms with E-state index in [1.807, 2.05) is 27.1 Å². The number of amides is 1. The maximum Gasteiger partial charge on any atom is 0.225 e. The van der Waals surface area contributed by atoms with Crippen LogP contribution in [0.5, 0.6) is 0 Å². The van der Waals surface area contributed by atoms with E-state index in [9.17, 15) is 4.79 Å². The minimum absolute atomic E-state index is 0.0565. The predicted octanol–water partition coefficient (Wildman–Crippen LogP) is 2.32. The summed E-state index contributed by atoms with van der Waals surface area (Å²) >= 11 is 0. The maximum absolute atomic E-state index is 12.0. The molecule has 0 aliphatic rings. The predicted molar refractivity (Wildman–Crippen MR) is 99.4 cm³/mol. The molecule has 0 aliphatic carbocycles. The molecule has 0 spiro atoms. The van der Waals surface area contributed by atoms with E-state index in [-0.39, 0.29) is 5.91 Å². The van der Waals surface area contributed by atoms with E-state index in [1.54, 1.807) is 0 Å². The van der Waals surface area contributed by atoms with Crippen molar-refractivity contribution in [3.05, 3.63) is 23.8 Å². The third-order valence-corrected chi connectivity index (χ3v) is 3.88. The molecule has 130 valence electrons. The van der Waals surface area contributed by atoms with E-state index in [2.05, 4.69) is 46.4 Å². The van der Waals surface area contributed by atoms with Crippen molar-refractivity contribution in [1.29, 1.82) is 0 Å². The van der Waals surface area contributed by atoms with E-state index in [0.717, 1.165) is 37.4 Å². The van der Waals surface area contributed by atoms with Gasteiger partial charge in [-0.2, -0.15) is 0 Å². The Kier molecular flexibility index (Phi) is 8.66. The largest absolute Gasteiger partial charge is 0.372 e. The van der Waals surface area contributed by atoms with Gasteiger partial charge in [0, 0.05) is 50.5 Å². The van der Waals surface area contributed by atoms with Crippen molar-refractivity contribution in [1.82, 2.24) is 10.2 Å². The first kappa shape index (κ1) is 19.5. The summed E-state index contributed by atoms with van der Waals surface area (Å²) in [4.78, 5) is 16.4. The molecule has 0 heterocycles. The van der Waals surface area contributed by atoms with Crippen LogP contribution in [-0.4, -0.2) is 57.6 Å². The highest BCUT2D eigenvalue weighted by Gasteiger charge is 2.07. The van der Waals surface area contributed by atoms with Gasteiger partial charge in [0.25, 0.3) is 0 Å². The van der Waals surface area contributed by atoms with Gasteiger partial charge in [-0.15, -0.1) is 0 Å². The molecule has 1 amide bonds. The van der Waals surface area contributed by atoms with Crippen LogP contribution in [0.25, 0.3) is 0 Å². The van der Waals surface area contributed by atoms with Crippen LogP contribution in [0, 0.1) is 6.92 Å². The number of nitrogens with one attached hydrogen (secondary N) is 2. The Morgan fingerprint density at radius 1 is 1.13 bits per heavy atom. The molecule has 0 unspecified atom stereocenters. The molecule has 0 aromatic heterocycles. The summed E-state index contributed by atoms with van der Waals surface area (Å²) in [6, 6.07) is 6.21. The van der Waals surface area contributed by atoms with Gasteiger partial charge in [-0.3, -0.25) is 4.79 Å². The quantitative estimate of drug-likeness (QED) is 0.650. The molecular weight excluding hydrogens is 288 g/mol. The lowest BCUT2D eigenvalue weighted by Crippen LogP contribution is -2.29. The van der Waals surface area contributed by atoms with Crippen LogP contribution in [-0.2, 0) is 4.79 Å². The fourth-order valence-electron chi connectivity index (χ4n) is 2.42. The molecule has 2 N–H and O–H groups in total. The molecular formula is C18H32N4O. The number of nitrogens with zero attached hydrogens (tertiary/aromatic N) is 2. The van der Waals surface area contributed by atoms with E-state index < -0.39 is 0 Å². The molecule has 23 heavy (non-hydrogen) atoms. The van der Waals surface area contributed by atoms with Gasteiger partial charge >= 0.3 is 0 Å². The average Bonchev–Trinajstić information content (AvgIpc) is 2.50. The first-order valence-electron chi connectivity index (χ1n) is 8.48. The van der Waals surface area contributed by atoms with Gasteiger partial charge in [0.2, 0.25) is 5.91 Å². The molecule has 5 nitrogen and oxygen atoms in total. The van der Waals surface area contributed by atoms with E-state index >= 15 is 0 Å². The highest BCUT2D eigenvalue weighted by atomic mass is 16.1. The molecule has 0 saturated carbocycles. The van der Waals surface area contributed by atoms with Crippen LogP contribution >= 0.6 is 0 Å². The number of aryl methyl sites for hydroxylation is 1. The number of likely N-dealkylation sites (N-methyl/N-ethyl adjacent to an activating group) is 1. The number of hydrogen-bond acceptors (Lipinski definition) is 4. The second-order valence-corrected chi connectivity index (χ2v) is 6.02. The maximum atomic E-state index is 12.0. The number of carbonyl (C=O) groups is 1. The molecule has 0 aliphatic heterocycles. The van der Waals surface area contributed by atoms with Crippen molar-refractivity contribution in [2.45, 2.75) is 27.2 Å². The number of benzene rings is 1. The van der Waals surface area contributed by atoms with Gasteiger partial charge in [0.1, 0.15) is 0 Å². The minimum atomic E-state index is 0.0565. The summed E-state index contributed by atoms with van der Waals surface area (Å²) in [5.41, 5.74) is 3.21. The van der Waals surface area contributed by atoms with Crippen molar-refractivity contribution in [3.8, 4) is 0 Å². The van der Waals surface area contributed by atoms with Crippen LogP contribution in [0.3, 0.4) is 0 Å². The Bertz CT molecular complexity index is 484. The second kappa shape index (κ2) is 10.2. The standard InChI is InChI=1S/C18H32N4O/c1-6-22(7-2)16-8-9-17(15(3)14-16)20-18(23)10-11-19-12-13-21(4)5/h8-9,14,19H,6-7,10-13H2,1-5H3,(H,20,23). The number of hydrogen-bond donors (Lipinski definition) is 2. The molecule has 5 heteroatoms. The average molecular weight is 320 g/mol. The summed E-state index contributed by atoms with van der Waals surface area (Å²) in [7, 11) is 4.08.